The van der Waals surface area contributed by atoms with Gasteiger partial charge in [0.05, 0.1) is 0 Å². The number of piperidine rings is 1. The van der Waals surface area contributed by atoms with E-state index in [2.05, 4.69) is 9.88 Å². The van der Waals surface area contributed by atoms with Gasteiger partial charge in [-0.3, -0.25) is 14.7 Å². The van der Waals surface area contributed by atoms with E-state index in [4.69, 9.17) is 10.5 Å². The lowest BCUT2D eigenvalue weighted by molar-refractivity contribution is -0.175. The lowest BCUT2D eigenvalue weighted by Crippen LogP contribution is -2.60. The van der Waals surface area contributed by atoms with Crippen molar-refractivity contribution in [3.63, 3.8) is 0 Å². The fourth-order valence-electron chi connectivity index (χ4n) is 6.58. The Kier molecular flexibility index (Phi) is 4.08. The molecule has 1 amide bonds. The molecule has 2 N–H and O–H groups in total. The van der Waals surface area contributed by atoms with Crippen LogP contribution < -0.4 is 5.73 Å². The number of rotatable bonds is 4. The molecule has 6 atom stereocenters. The molecular formula is C21H27F2N3O2. The van der Waals surface area contributed by atoms with E-state index in [0.717, 1.165) is 37.9 Å². The number of carbonyl (C=O) groups excluding carboxylic acids is 1. The average molecular weight is 391 g/mol. The van der Waals surface area contributed by atoms with Crippen molar-refractivity contribution in [3.8, 4) is 0 Å². The number of likely N-dealkylation sites (tertiary alicyclic amines) is 1. The molecule has 0 aromatic carbocycles. The first-order valence-electron chi connectivity index (χ1n) is 10.3. The van der Waals surface area contributed by atoms with Gasteiger partial charge in [0.25, 0.3) is 11.8 Å². The van der Waals surface area contributed by atoms with Gasteiger partial charge < -0.3 is 10.5 Å². The van der Waals surface area contributed by atoms with Crippen LogP contribution in [0.1, 0.15) is 48.2 Å². The molecule has 1 aromatic heterocycles. The van der Waals surface area contributed by atoms with Gasteiger partial charge in [0.1, 0.15) is 11.3 Å². The van der Waals surface area contributed by atoms with Crippen molar-refractivity contribution in [2.24, 2.45) is 29.4 Å². The summed E-state index contributed by atoms with van der Waals surface area (Å²) in [5.41, 5.74) is 6.20. The van der Waals surface area contributed by atoms with Gasteiger partial charge in [0.2, 0.25) is 0 Å². The number of ether oxygens (including phenoxy) is 1. The molecule has 1 aromatic rings. The van der Waals surface area contributed by atoms with E-state index in [1.165, 1.54) is 0 Å². The zero-order chi connectivity index (χ0) is 19.7. The number of alkyl halides is 2. The third kappa shape index (κ3) is 2.48. The number of pyridine rings is 1. The number of fused-ring (bicyclic) bond motifs is 3. The van der Waals surface area contributed by atoms with Crippen molar-refractivity contribution < 1.29 is 18.3 Å². The van der Waals surface area contributed by atoms with E-state index in [-0.39, 0.29) is 23.6 Å². The summed E-state index contributed by atoms with van der Waals surface area (Å²) in [5, 5.41) is 0. The number of carbonyl (C=O) groups is 1. The summed E-state index contributed by atoms with van der Waals surface area (Å²) in [7, 11) is 1.75. The van der Waals surface area contributed by atoms with E-state index < -0.39 is 29.3 Å². The van der Waals surface area contributed by atoms with Crippen LogP contribution in [0.2, 0.25) is 0 Å². The van der Waals surface area contributed by atoms with Crippen LogP contribution in [0.15, 0.2) is 18.3 Å². The predicted molar refractivity (Wildman–Crippen MR) is 98.8 cm³/mol. The number of methoxy groups -OCH3 is 1. The van der Waals surface area contributed by atoms with E-state index in [0.29, 0.717) is 12.8 Å². The SMILES string of the molecule is COC1(c2ccnc(C(N)=O)c2)[C@@H]2CCC[C@H]1CN(C1C[C@@H]3[C@H](C1)C3(F)F)C2. The van der Waals surface area contributed by atoms with Crippen molar-refractivity contribution in [1.82, 2.24) is 9.88 Å². The zero-order valence-corrected chi connectivity index (χ0v) is 16.1. The van der Waals surface area contributed by atoms with Crippen LogP contribution in [-0.2, 0) is 10.3 Å². The topological polar surface area (TPSA) is 68.5 Å². The third-order valence-corrected chi connectivity index (χ3v) is 7.96. The number of aromatic nitrogens is 1. The minimum absolute atomic E-state index is 0.257. The highest BCUT2D eigenvalue weighted by atomic mass is 19.3. The normalized spacial score (nSPS) is 41.5. The highest BCUT2D eigenvalue weighted by molar-refractivity contribution is 5.90. The molecule has 4 aliphatic rings. The second-order valence-electron chi connectivity index (χ2n) is 9.08. The Bertz CT molecular complexity index is 774. The highest BCUT2D eigenvalue weighted by Crippen LogP contribution is 2.65. The quantitative estimate of drug-likeness (QED) is 0.857. The summed E-state index contributed by atoms with van der Waals surface area (Å²) in [6, 6.07) is 3.98. The summed E-state index contributed by atoms with van der Waals surface area (Å²) in [4.78, 5) is 18.2. The van der Waals surface area contributed by atoms with Crippen molar-refractivity contribution >= 4 is 5.91 Å². The number of primary amides is 1. The van der Waals surface area contributed by atoms with Crippen LogP contribution in [-0.4, -0.2) is 48.0 Å². The summed E-state index contributed by atoms with van der Waals surface area (Å²) >= 11 is 0. The van der Waals surface area contributed by atoms with Gasteiger partial charge in [0, 0.05) is 56.1 Å². The van der Waals surface area contributed by atoms with Crippen molar-refractivity contribution in [2.75, 3.05) is 20.2 Å². The van der Waals surface area contributed by atoms with Gasteiger partial charge >= 0.3 is 0 Å². The van der Waals surface area contributed by atoms with Gasteiger partial charge in [-0.2, -0.15) is 0 Å². The van der Waals surface area contributed by atoms with E-state index in [9.17, 15) is 13.6 Å². The lowest BCUT2D eigenvalue weighted by Gasteiger charge is -2.56. The Morgan fingerprint density at radius 2 is 1.89 bits per heavy atom. The second-order valence-corrected chi connectivity index (χ2v) is 9.08. The van der Waals surface area contributed by atoms with Crippen molar-refractivity contribution in [1.29, 1.82) is 0 Å². The molecule has 152 valence electrons. The Labute approximate surface area is 163 Å². The fraction of sp³-hybridized carbons (Fsp3) is 0.714. The number of hydrogen-bond acceptors (Lipinski definition) is 4. The Balaban J connectivity index is 1.42. The van der Waals surface area contributed by atoms with Crippen LogP contribution >= 0.6 is 0 Å². The second kappa shape index (κ2) is 6.20. The van der Waals surface area contributed by atoms with Crippen LogP contribution in [0.25, 0.3) is 0 Å². The van der Waals surface area contributed by atoms with Crippen molar-refractivity contribution in [3.05, 3.63) is 29.6 Å². The molecule has 0 radical (unpaired) electrons. The van der Waals surface area contributed by atoms with Gasteiger partial charge in [-0.05, 0) is 43.4 Å². The molecule has 2 unspecified atom stereocenters. The molecule has 3 saturated carbocycles. The molecule has 1 saturated heterocycles. The maximum absolute atomic E-state index is 13.6. The van der Waals surface area contributed by atoms with Crippen LogP contribution in [0.3, 0.4) is 0 Å². The molecule has 2 heterocycles. The lowest BCUT2D eigenvalue weighted by atomic mass is 9.62. The van der Waals surface area contributed by atoms with Crippen LogP contribution in [0, 0.1) is 23.7 Å². The molecule has 2 bridgehead atoms. The first-order valence-corrected chi connectivity index (χ1v) is 10.3. The number of halogens is 2. The fourth-order valence-corrected chi connectivity index (χ4v) is 6.58. The number of hydrogen-bond donors (Lipinski definition) is 1. The molecular weight excluding hydrogens is 364 g/mol. The van der Waals surface area contributed by atoms with Gasteiger partial charge in [0.15, 0.2) is 0 Å². The summed E-state index contributed by atoms with van der Waals surface area (Å²) in [5.74, 6) is -3.21. The van der Waals surface area contributed by atoms with E-state index in [1.807, 2.05) is 6.07 Å². The van der Waals surface area contributed by atoms with E-state index >= 15 is 0 Å². The van der Waals surface area contributed by atoms with Gasteiger partial charge in [-0.25, -0.2) is 8.78 Å². The Hall–Kier alpha value is -1.60. The number of nitrogens with two attached hydrogens (primary N) is 1. The molecule has 7 heteroatoms. The average Bonchev–Trinajstić information content (AvgIpc) is 3.01. The standard InChI is InChI=1S/C21H27F2N3O2/c1-28-20(12-5-6-25-18(7-12)19(24)27)13-3-2-4-14(20)11-26(10-13)15-8-16-17(9-15)21(16,22)23/h5-7,13-17H,2-4,8-11H2,1H3,(H2,24,27)/t13-,14+,15?,16-,17+,20?. The van der Waals surface area contributed by atoms with Gasteiger partial charge in [-0.1, -0.05) is 6.42 Å². The Morgan fingerprint density at radius 3 is 2.46 bits per heavy atom. The number of nitrogens with zero attached hydrogens (tertiary/aromatic N) is 2. The van der Waals surface area contributed by atoms with Crippen molar-refractivity contribution in [2.45, 2.75) is 49.7 Å². The molecule has 28 heavy (non-hydrogen) atoms. The minimum atomic E-state index is -2.42. The largest absolute Gasteiger partial charge is 0.373 e. The molecule has 1 aliphatic heterocycles. The van der Waals surface area contributed by atoms with Crippen LogP contribution in [0.4, 0.5) is 8.78 Å². The minimum Gasteiger partial charge on any atom is -0.373 e. The highest BCUT2D eigenvalue weighted by Gasteiger charge is 2.72. The summed E-state index contributed by atoms with van der Waals surface area (Å²) in [6.07, 6.45) is 6.09. The number of amides is 1. The molecule has 4 fully saturated rings. The maximum Gasteiger partial charge on any atom is 0.267 e. The first kappa shape index (κ1) is 18.4. The van der Waals surface area contributed by atoms with Crippen LogP contribution in [0.5, 0.6) is 0 Å². The molecule has 5 nitrogen and oxygen atoms in total. The molecule has 3 aliphatic carbocycles. The predicted octanol–water partition coefficient (Wildman–Crippen LogP) is 2.80. The zero-order valence-electron chi connectivity index (χ0n) is 16.1. The third-order valence-electron chi connectivity index (χ3n) is 7.96. The maximum atomic E-state index is 13.6. The Morgan fingerprint density at radius 1 is 1.25 bits per heavy atom. The van der Waals surface area contributed by atoms with E-state index in [1.54, 1.807) is 19.4 Å². The monoisotopic (exact) mass is 391 g/mol. The molecule has 5 rings (SSSR count). The summed E-state index contributed by atoms with van der Waals surface area (Å²) < 4.78 is 33.5. The molecule has 0 spiro atoms. The summed E-state index contributed by atoms with van der Waals surface area (Å²) in [6.45, 7) is 1.71. The smallest absolute Gasteiger partial charge is 0.267 e. The first-order chi connectivity index (χ1) is 13.4. The van der Waals surface area contributed by atoms with Gasteiger partial charge in [-0.15, -0.1) is 0 Å².